The zero-order valence-electron chi connectivity index (χ0n) is 16.6. The van der Waals surface area contributed by atoms with Crippen LogP contribution in [0.3, 0.4) is 0 Å². The van der Waals surface area contributed by atoms with Crippen LogP contribution in [0.1, 0.15) is 0 Å². The molecule has 2 radical (unpaired) electrons. The summed E-state index contributed by atoms with van der Waals surface area (Å²) in [6.45, 7) is 0.306. The highest BCUT2D eigenvalue weighted by Crippen LogP contribution is 2.51. The van der Waals surface area contributed by atoms with Gasteiger partial charge in [-0.1, -0.05) is 47.9 Å². The van der Waals surface area contributed by atoms with E-state index in [2.05, 4.69) is 0 Å². The quantitative estimate of drug-likeness (QED) is 0.135. The number of benzene rings is 6. The smallest absolute Gasteiger partial charge is 0.306 e. The first-order valence-corrected chi connectivity index (χ1v) is 11.5. The molecule has 0 saturated carbocycles. The molecule has 0 aliphatic carbocycles. The Labute approximate surface area is 182 Å². The van der Waals surface area contributed by atoms with Crippen LogP contribution in [0, 0.1) is 5.82 Å². The van der Waals surface area contributed by atoms with Crippen molar-refractivity contribution in [3.8, 4) is 11.5 Å². The Bertz CT molecular complexity index is 1850. The lowest BCUT2D eigenvalue weighted by atomic mass is 9.80. The van der Waals surface area contributed by atoms with Crippen LogP contribution in [0.2, 0.25) is 0 Å². The molecule has 6 aromatic rings. The summed E-state index contributed by atoms with van der Waals surface area (Å²) in [5, 5.41) is 5.34. The van der Waals surface area contributed by atoms with Gasteiger partial charge in [0.2, 0.25) is 0 Å². The maximum absolute atomic E-state index is 15.2. The summed E-state index contributed by atoms with van der Waals surface area (Å²) in [5.74, 6) is -0.228. The summed E-state index contributed by atoms with van der Waals surface area (Å²) in [4.78, 5) is 11.4. The van der Waals surface area contributed by atoms with E-state index in [0.717, 1.165) is 6.26 Å². The summed E-state index contributed by atoms with van der Waals surface area (Å²) in [6.07, 6.45) is 0.956. The monoisotopic (exact) mass is 442 g/mol. The Balaban J connectivity index is 2.06. The Kier molecular flexibility index (Phi) is 3.70. The minimum Gasteiger partial charge on any atom is -0.427 e. The molecule has 8 heteroatoms. The van der Waals surface area contributed by atoms with Crippen molar-refractivity contribution in [3.63, 3.8) is 0 Å². The predicted octanol–water partition coefficient (Wildman–Crippen LogP) is 4.13. The average molecular weight is 442 g/mol. The first-order chi connectivity index (χ1) is 15.3. The summed E-state index contributed by atoms with van der Waals surface area (Å²) < 4.78 is 50.4. The molecule has 6 aromatic carbocycles. The SMILES string of the molecule is [B]c1cc2c(OS(C)(=O)=O)c3cccc4c(F)cc5c(OC=O)c6cccc1c6c2c5c43. The Morgan fingerprint density at radius 3 is 2.03 bits per heavy atom. The van der Waals surface area contributed by atoms with Crippen molar-refractivity contribution in [1.82, 2.24) is 0 Å². The molecule has 0 saturated heterocycles. The predicted molar refractivity (Wildman–Crippen MR) is 124 cm³/mol. The lowest BCUT2D eigenvalue weighted by molar-refractivity contribution is -0.120. The minimum atomic E-state index is -3.90. The van der Waals surface area contributed by atoms with Crippen molar-refractivity contribution >= 4 is 83.8 Å². The molecule has 0 bridgehead atoms. The van der Waals surface area contributed by atoms with Crippen molar-refractivity contribution in [2.75, 3.05) is 6.26 Å². The van der Waals surface area contributed by atoms with Gasteiger partial charge in [0.05, 0.1) is 6.26 Å². The molecule has 0 aliphatic rings. The van der Waals surface area contributed by atoms with Crippen molar-refractivity contribution < 1.29 is 26.5 Å². The summed E-state index contributed by atoms with van der Waals surface area (Å²) in [5.41, 5.74) is 0.404. The second-order valence-electron chi connectivity index (χ2n) is 7.79. The van der Waals surface area contributed by atoms with Crippen LogP contribution >= 0.6 is 0 Å². The zero-order chi connectivity index (χ0) is 22.4. The number of hydrogen-bond donors (Lipinski definition) is 0. The van der Waals surface area contributed by atoms with E-state index in [0.29, 0.717) is 65.8 Å². The standard InChI is InChI=1S/C24H12BFO5S/c1-32(28,29)31-24-14-7-3-5-12-18(26)9-16-22(20(12)14)21-15(24)8-17(25)11-4-2-6-13(19(11)21)23(16)30-10-27/h2-10H,1H3. The summed E-state index contributed by atoms with van der Waals surface area (Å²) >= 11 is 0. The number of carbonyl (C=O) groups is 1. The molecule has 5 nitrogen and oxygen atoms in total. The van der Waals surface area contributed by atoms with Crippen LogP contribution in [0.15, 0.2) is 48.5 Å². The highest BCUT2D eigenvalue weighted by atomic mass is 32.2. The Morgan fingerprint density at radius 1 is 0.812 bits per heavy atom. The molecule has 0 aliphatic heterocycles. The normalized spacial score (nSPS) is 12.6. The van der Waals surface area contributed by atoms with Gasteiger partial charge < -0.3 is 8.92 Å². The van der Waals surface area contributed by atoms with Gasteiger partial charge in [-0.15, -0.1) is 0 Å². The van der Waals surface area contributed by atoms with E-state index >= 15 is 4.39 Å². The molecule has 32 heavy (non-hydrogen) atoms. The molecular weight excluding hydrogens is 430 g/mol. The number of rotatable bonds is 4. The van der Waals surface area contributed by atoms with Crippen LogP contribution in [-0.2, 0) is 14.9 Å². The Morgan fingerprint density at radius 2 is 1.38 bits per heavy atom. The molecule has 6 rings (SSSR count). The van der Waals surface area contributed by atoms with E-state index in [1.807, 2.05) is 6.07 Å². The van der Waals surface area contributed by atoms with Crippen molar-refractivity contribution in [2.24, 2.45) is 0 Å². The van der Waals surface area contributed by atoms with E-state index in [-0.39, 0.29) is 11.5 Å². The fourth-order valence-corrected chi connectivity index (χ4v) is 5.38. The first-order valence-electron chi connectivity index (χ1n) is 9.66. The second-order valence-corrected chi connectivity index (χ2v) is 9.36. The zero-order valence-corrected chi connectivity index (χ0v) is 17.4. The topological polar surface area (TPSA) is 69.7 Å². The van der Waals surface area contributed by atoms with Gasteiger partial charge in [0.25, 0.3) is 6.47 Å². The van der Waals surface area contributed by atoms with Crippen LogP contribution in [0.5, 0.6) is 11.5 Å². The van der Waals surface area contributed by atoms with Gasteiger partial charge in [-0.25, -0.2) is 4.39 Å². The van der Waals surface area contributed by atoms with Crippen molar-refractivity contribution in [2.45, 2.75) is 0 Å². The molecule has 0 spiro atoms. The largest absolute Gasteiger partial charge is 0.427 e. The molecule has 0 unspecified atom stereocenters. The Hall–Kier alpha value is -3.65. The van der Waals surface area contributed by atoms with Crippen LogP contribution in [-0.4, -0.2) is 29.0 Å². The third-order valence-electron chi connectivity index (χ3n) is 5.94. The maximum atomic E-state index is 15.2. The molecule has 0 fully saturated rings. The molecular formula is C24H12BFO5S. The number of carbonyl (C=O) groups excluding carboxylic acids is 1. The fourth-order valence-electron chi connectivity index (χ4n) is 4.90. The van der Waals surface area contributed by atoms with Gasteiger partial charge in [-0.3, -0.25) is 4.79 Å². The summed E-state index contributed by atoms with van der Waals surface area (Å²) in [6, 6.07) is 13.3. The van der Waals surface area contributed by atoms with Crippen LogP contribution in [0.25, 0.3) is 53.9 Å². The number of ether oxygens (including phenoxy) is 1. The van der Waals surface area contributed by atoms with E-state index in [9.17, 15) is 13.2 Å². The van der Waals surface area contributed by atoms with Gasteiger partial charge in [0, 0.05) is 48.5 Å². The molecule has 0 aromatic heterocycles. The number of halogens is 1. The first kappa shape index (κ1) is 19.1. The fraction of sp³-hybridized carbons (Fsp3) is 0.0417. The van der Waals surface area contributed by atoms with Gasteiger partial charge in [0.15, 0.2) is 5.75 Å². The molecule has 0 heterocycles. The lowest BCUT2D eigenvalue weighted by Gasteiger charge is -2.22. The maximum Gasteiger partial charge on any atom is 0.306 e. The third-order valence-corrected chi connectivity index (χ3v) is 6.41. The molecule has 0 N–H and O–H groups in total. The third kappa shape index (κ3) is 2.38. The van der Waals surface area contributed by atoms with Gasteiger partial charge >= 0.3 is 10.1 Å². The number of hydrogen-bond acceptors (Lipinski definition) is 5. The van der Waals surface area contributed by atoms with E-state index in [1.165, 1.54) is 6.07 Å². The minimum absolute atomic E-state index is 0.0836. The van der Waals surface area contributed by atoms with E-state index < -0.39 is 15.9 Å². The average Bonchev–Trinajstić information content (AvgIpc) is 2.75. The van der Waals surface area contributed by atoms with Gasteiger partial charge in [-0.05, 0) is 11.5 Å². The van der Waals surface area contributed by atoms with Gasteiger partial charge in [0.1, 0.15) is 19.4 Å². The molecule has 0 amide bonds. The van der Waals surface area contributed by atoms with Crippen molar-refractivity contribution in [1.29, 1.82) is 0 Å². The summed E-state index contributed by atoms with van der Waals surface area (Å²) in [7, 11) is 2.45. The second kappa shape index (κ2) is 6.20. The molecule has 0 atom stereocenters. The highest BCUT2D eigenvalue weighted by Gasteiger charge is 2.26. The van der Waals surface area contributed by atoms with Crippen molar-refractivity contribution in [3.05, 3.63) is 54.3 Å². The van der Waals surface area contributed by atoms with E-state index in [4.69, 9.17) is 16.8 Å². The van der Waals surface area contributed by atoms with Crippen LogP contribution in [0.4, 0.5) is 4.39 Å². The van der Waals surface area contributed by atoms with Crippen LogP contribution < -0.4 is 14.4 Å². The molecule has 154 valence electrons. The van der Waals surface area contributed by atoms with E-state index in [1.54, 1.807) is 36.4 Å². The lowest BCUT2D eigenvalue weighted by Crippen LogP contribution is -2.10. The highest BCUT2D eigenvalue weighted by molar-refractivity contribution is 7.86. The van der Waals surface area contributed by atoms with Gasteiger partial charge in [-0.2, -0.15) is 8.42 Å².